The smallest absolute Gasteiger partial charge is 0.224 e. The summed E-state index contributed by atoms with van der Waals surface area (Å²) in [6.45, 7) is 6.52. The molecular formula is C11H18ClN5. The lowest BCUT2D eigenvalue weighted by molar-refractivity contribution is 0.345. The molecule has 1 aromatic heterocycles. The summed E-state index contributed by atoms with van der Waals surface area (Å²) < 4.78 is 0. The average Bonchev–Trinajstić information content (AvgIpc) is 2.78. The van der Waals surface area contributed by atoms with Gasteiger partial charge < -0.3 is 16.0 Å². The average molecular weight is 256 g/mol. The van der Waals surface area contributed by atoms with Crippen LogP contribution in [-0.2, 0) is 0 Å². The number of halogens is 1. The Bertz CT molecular complexity index is 384. The molecule has 17 heavy (non-hydrogen) atoms. The molecule has 2 rings (SSSR count). The van der Waals surface area contributed by atoms with E-state index in [-0.39, 0.29) is 5.28 Å². The van der Waals surface area contributed by atoms with Gasteiger partial charge in [0.15, 0.2) is 5.82 Å². The van der Waals surface area contributed by atoms with Crippen molar-refractivity contribution in [2.24, 2.45) is 5.92 Å². The molecule has 0 radical (unpaired) electrons. The lowest BCUT2D eigenvalue weighted by Crippen LogP contribution is -2.22. The number of anilines is 2. The van der Waals surface area contributed by atoms with E-state index in [0.717, 1.165) is 19.6 Å². The molecule has 0 aromatic carbocycles. The Morgan fingerprint density at radius 1 is 1.65 bits per heavy atom. The third kappa shape index (κ3) is 3.20. The van der Waals surface area contributed by atoms with Gasteiger partial charge in [0.25, 0.3) is 0 Å². The summed E-state index contributed by atoms with van der Waals surface area (Å²) in [4.78, 5) is 10.4. The van der Waals surface area contributed by atoms with E-state index in [1.165, 1.54) is 19.2 Å². The summed E-state index contributed by atoms with van der Waals surface area (Å²) in [6, 6.07) is 0. The van der Waals surface area contributed by atoms with Crippen LogP contribution < -0.4 is 11.1 Å². The summed E-state index contributed by atoms with van der Waals surface area (Å²) in [5.74, 6) is 1.29. The Morgan fingerprint density at radius 2 is 2.47 bits per heavy atom. The molecule has 0 aliphatic carbocycles. The molecule has 5 nitrogen and oxygen atoms in total. The number of nitrogen functional groups attached to an aromatic ring is 1. The molecule has 94 valence electrons. The minimum atomic E-state index is 0.225. The highest BCUT2D eigenvalue weighted by Gasteiger charge is 2.21. The topological polar surface area (TPSA) is 67.1 Å². The van der Waals surface area contributed by atoms with Crippen LogP contribution in [0.3, 0.4) is 0 Å². The molecule has 1 aromatic rings. The maximum absolute atomic E-state index is 5.77. The molecule has 1 aliphatic rings. The zero-order chi connectivity index (χ0) is 12.3. The van der Waals surface area contributed by atoms with Crippen LogP contribution in [0.5, 0.6) is 0 Å². The van der Waals surface area contributed by atoms with E-state index in [1.54, 1.807) is 0 Å². The van der Waals surface area contributed by atoms with Crippen LogP contribution in [0.25, 0.3) is 0 Å². The van der Waals surface area contributed by atoms with Crippen molar-refractivity contribution in [1.82, 2.24) is 14.9 Å². The van der Waals surface area contributed by atoms with Gasteiger partial charge in [0.1, 0.15) is 0 Å². The number of aromatic nitrogens is 2. The van der Waals surface area contributed by atoms with Crippen LogP contribution in [0.15, 0.2) is 6.20 Å². The Kier molecular flexibility index (Phi) is 4.02. The van der Waals surface area contributed by atoms with Crippen LogP contribution in [-0.4, -0.2) is 41.0 Å². The highest BCUT2D eigenvalue weighted by atomic mass is 35.5. The fourth-order valence-corrected chi connectivity index (χ4v) is 2.25. The van der Waals surface area contributed by atoms with Crippen molar-refractivity contribution in [3.63, 3.8) is 0 Å². The molecule has 0 bridgehead atoms. The lowest BCUT2D eigenvalue weighted by atomic mass is 10.1. The van der Waals surface area contributed by atoms with Gasteiger partial charge in [-0.05, 0) is 37.0 Å². The van der Waals surface area contributed by atoms with Gasteiger partial charge in [-0.3, -0.25) is 0 Å². The van der Waals surface area contributed by atoms with E-state index in [2.05, 4.69) is 27.1 Å². The van der Waals surface area contributed by atoms with Gasteiger partial charge in [0.05, 0.1) is 11.9 Å². The standard InChI is InChI=1S/C11H18ClN5/c1-2-17-4-3-8(7-17)5-14-10-9(13)6-15-11(12)16-10/h6,8H,2-5,7,13H2,1H3,(H,14,15,16). The van der Waals surface area contributed by atoms with E-state index >= 15 is 0 Å². The maximum Gasteiger partial charge on any atom is 0.224 e. The highest BCUT2D eigenvalue weighted by molar-refractivity contribution is 6.28. The number of likely N-dealkylation sites (tertiary alicyclic amines) is 1. The van der Waals surface area contributed by atoms with Crippen molar-refractivity contribution in [2.75, 3.05) is 37.2 Å². The maximum atomic E-state index is 5.77. The first-order valence-corrected chi connectivity index (χ1v) is 6.31. The van der Waals surface area contributed by atoms with Crippen molar-refractivity contribution in [1.29, 1.82) is 0 Å². The van der Waals surface area contributed by atoms with Gasteiger partial charge in [0, 0.05) is 13.1 Å². The van der Waals surface area contributed by atoms with Crippen molar-refractivity contribution < 1.29 is 0 Å². The minimum absolute atomic E-state index is 0.225. The molecule has 3 N–H and O–H groups in total. The Hall–Kier alpha value is -1.07. The predicted molar refractivity (Wildman–Crippen MR) is 70.2 cm³/mol. The minimum Gasteiger partial charge on any atom is -0.394 e. The molecule has 0 saturated carbocycles. The van der Waals surface area contributed by atoms with E-state index in [0.29, 0.717) is 17.4 Å². The van der Waals surface area contributed by atoms with Crippen LogP contribution in [0.4, 0.5) is 11.5 Å². The first-order valence-electron chi connectivity index (χ1n) is 5.93. The van der Waals surface area contributed by atoms with Gasteiger partial charge in [-0.1, -0.05) is 6.92 Å². The third-order valence-electron chi connectivity index (χ3n) is 3.16. The number of nitrogens with one attached hydrogen (secondary N) is 1. The highest BCUT2D eigenvalue weighted by Crippen LogP contribution is 2.19. The molecule has 0 spiro atoms. The summed E-state index contributed by atoms with van der Waals surface area (Å²) in [7, 11) is 0. The van der Waals surface area contributed by atoms with Crippen molar-refractivity contribution in [3.05, 3.63) is 11.5 Å². The quantitative estimate of drug-likeness (QED) is 0.798. The summed E-state index contributed by atoms with van der Waals surface area (Å²) in [5, 5.41) is 3.48. The van der Waals surface area contributed by atoms with Gasteiger partial charge in [-0.25, -0.2) is 4.98 Å². The number of nitrogens with two attached hydrogens (primary N) is 1. The fourth-order valence-electron chi connectivity index (χ4n) is 2.12. The summed E-state index contributed by atoms with van der Waals surface area (Å²) in [5.41, 5.74) is 6.31. The van der Waals surface area contributed by atoms with Crippen LogP contribution in [0.1, 0.15) is 13.3 Å². The monoisotopic (exact) mass is 255 g/mol. The molecule has 1 unspecified atom stereocenters. The second kappa shape index (κ2) is 5.51. The Morgan fingerprint density at radius 3 is 3.18 bits per heavy atom. The van der Waals surface area contributed by atoms with Gasteiger partial charge in [0.2, 0.25) is 5.28 Å². The van der Waals surface area contributed by atoms with Crippen LogP contribution in [0.2, 0.25) is 5.28 Å². The zero-order valence-corrected chi connectivity index (χ0v) is 10.7. The van der Waals surface area contributed by atoms with E-state index < -0.39 is 0 Å². The first kappa shape index (κ1) is 12.4. The summed E-state index contributed by atoms with van der Waals surface area (Å²) in [6.07, 6.45) is 2.75. The van der Waals surface area contributed by atoms with Gasteiger partial charge in [-0.2, -0.15) is 4.98 Å². The Balaban J connectivity index is 1.88. The second-order valence-electron chi connectivity index (χ2n) is 4.37. The lowest BCUT2D eigenvalue weighted by Gasteiger charge is -2.14. The van der Waals surface area contributed by atoms with Crippen molar-refractivity contribution >= 4 is 23.1 Å². The van der Waals surface area contributed by atoms with Crippen LogP contribution in [0, 0.1) is 5.92 Å². The first-order chi connectivity index (χ1) is 8.19. The van der Waals surface area contributed by atoms with Crippen LogP contribution >= 0.6 is 11.6 Å². The van der Waals surface area contributed by atoms with Gasteiger partial charge >= 0.3 is 0 Å². The molecule has 1 aliphatic heterocycles. The SMILES string of the molecule is CCN1CCC(CNc2nc(Cl)ncc2N)C1. The van der Waals surface area contributed by atoms with Crippen molar-refractivity contribution in [3.8, 4) is 0 Å². The molecular weight excluding hydrogens is 238 g/mol. The van der Waals surface area contributed by atoms with E-state index in [1.807, 2.05) is 0 Å². The predicted octanol–water partition coefficient (Wildman–Crippen LogP) is 1.47. The van der Waals surface area contributed by atoms with E-state index in [9.17, 15) is 0 Å². The Labute approximate surface area is 106 Å². The molecule has 1 fully saturated rings. The largest absolute Gasteiger partial charge is 0.394 e. The summed E-state index contributed by atoms with van der Waals surface area (Å²) >= 11 is 5.73. The molecule has 1 saturated heterocycles. The zero-order valence-electron chi connectivity index (χ0n) is 9.99. The number of nitrogens with zero attached hydrogens (tertiary/aromatic N) is 3. The normalized spacial score (nSPS) is 20.7. The third-order valence-corrected chi connectivity index (χ3v) is 3.35. The fraction of sp³-hybridized carbons (Fsp3) is 0.636. The molecule has 0 amide bonds. The van der Waals surface area contributed by atoms with Crippen molar-refractivity contribution in [2.45, 2.75) is 13.3 Å². The second-order valence-corrected chi connectivity index (χ2v) is 4.71. The molecule has 1 atom stereocenters. The molecule has 2 heterocycles. The number of hydrogen-bond donors (Lipinski definition) is 2. The molecule has 6 heteroatoms. The number of hydrogen-bond acceptors (Lipinski definition) is 5. The number of rotatable bonds is 4. The van der Waals surface area contributed by atoms with Gasteiger partial charge in [-0.15, -0.1) is 0 Å². The van der Waals surface area contributed by atoms with E-state index in [4.69, 9.17) is 17.3 Å².